The molecule has 0 unspecified atom stereocenters. The molecule has 13 heteroatoms. The molecular formula is C42H53N5O8. The van der Waals surface area contributed by atoms with E-state index in [1.54, 1.807) is 40.1 Å². The summed E-state index contributed by atoms with van der Waals surface area (Å²) in [5, 5.41) is 8.72. The highest BCUT2D eigenvalue weighted by atomic mass is 16.5. The maximum atomic E-state index is 14.8. The van der Waals surface area contributed by atoms with Crippen LogP contribution in [-0.4, -0.2) is 83.7 Å². The molecule has 13 nitrogen and oxygen atoms in total. The molecule has 0 spiro atoms. The van der Waals surface area contributed by atoms with Gasteiger partial charge in [-0.15, -0.1) is 0 Å². The number of pyridine rings is 1. The molecule has 1 fully saturated rings. The van der Waals surface area contributed by atoms with Crippen LogP contribution in [0.5, 0.6) is 0 Å². The van der Waals surface area contributed by atoms with Crippen molar-refractivity contribution in [3.8, 4) is 0 Å². The number of likely N-dealkylation sites (tertiary alicyclic amines) is 1. The molecule has 3 aromatic rings. The normalized spacial score (nSPS) is 18.8. The van der Waals surface area contributed by atoms with E-state index in [1.165, 1.54) is 10.6 Å². The Labute approximate surface area is 322 Å². The highest BCUT2D eigenvalue weighted by Crippen LogP contribution is 2.48. The van der Waals surface area contributed by atoms with E-state index in [0.717, 1.165) is 11.1 Å². The molecule has 4 amide bonds. The van der Waals surface area contributed by atoms with Crippen molar-refractivity contribution in [1.82, 2.24) is 25.4 Å². The van der Waals surface area contributed by atoms with Gasteiger partial charge in [0.05, 0.1) is 24.0 Å². The number of hydrogen-bond donors (Lipinski definition) is 3. The number of amides is 4. The number of fused-ring (bicyclic) bond motifs is 1. The zero-order chi connectivity index (χ0) is 39.5. The molecule has 55 heavy (non-hydrogen) atoms. The monoisotopic (exact) mass is 755 g/mol. The minimum Gasteiger partial charge on any atom is -0.461 e. The summed E-state index contributed by atoms with van der Waals surface area (Å²) in [6.45, 7) is 6.74. The van der Waals surface area contributed by atoms with Gasteiger partial charge in [-0.05, 0) is 94.5 Å². The summed E-state index contributed by atoms with van der Waals surface area (Å²) in [6.07, 6.45) is 3.91. The number of ether oxygens (including phenoxy) is 2. The van der Waals surface area contributed by atoms with Crippen LogP contribution in [0.25, 0.3) is 0 Å². The maximum absolute atomic E-state index is 14.8. The van der Waals surface area contributed by atoms with Crippen LogP contribution in [-0.2, 0) is 36.3 Å². The fourth-order valence-electron chi connectivity index (χ4n) is 7.68. The molecule has 3 N–H and O–H groups in total. The van der Waals surface area contributed by atoms with Crippen LogP contribution < -0.4 is 21.5 Å². The van der Waals surface area contributed by atoms with Crippen LogP contribution in [0.3, 0.4) is 0 Å². The lowest BCUT2D eigenvalue weighted by molar-refractivity contribution is -0.152. The van der Waals surface area contributed by atoms with Crippen molar-refractivity contribution in [2.45, 2.75) is 95.2 Å². The molecule has 1 aromatic heterocycles. The quantitative estimate of drug-likeness (QED) is 0.162. The van der Waals surface area contributed by atoms with E-state index in [-0.39, 0.29) is 41.7 Å². The Morgan fingerprint density at radius 2 is 1.62 bits per heavy atom. The predicted molar refractivity (Wildman–Crippen MR) is 206 cm³/mol. The lowest BCUT2D eigenvalue weighted by Crippen LogP contribution is -2.54. The number of piperidine rings is 1. The first-order valence-corrected chi connectivity index (χ1v) is 19.3. The highest BCUT2D eigenvalue weighted by molar-refractivity contribution is 5.97. The van der Waals surface area contributed by atoms with Crippen molar-refractivity contribution in [3.05, 3.63) is 106 Å². The Morgan fingerprint density at radius 1 is 0.909 bits per heavy atom. The lowest BCUT2D eigenvalue weighted by atomic mass is 9.62. The second-order valence-corrected chi connectivity index (χ2v) is 14.5. The lowest BCUT2D eigenvalue weighted by Gasteiger charge is -2.43. The molecule has 1 aliphatic carbocycles. The Hall–Kier alpha value is -5.46. The van der Waals surface area contributed by atoms with E-state index in [0.29, 0.717) is 70.1 Å². The van der Waals surface area contributed by atoms with Crippen LogP contribution in [0.4, 0.5) is 4.79 Å². The summed E-state index contributed by atoms with van der Waals surface area (Å²) in [4.78, 5) is 81.4. The van der Waals surface area contributed by atoms with Gasteiger partial charge in [-0.3, -0.25) is 19.2 Å². The molecule has 0 saturated carbocycles. The minimum atomic E-state index is -1.19. The number of rotatable bonds is 14. The Balaban J connectivity index is 1.34. The smallest absolute Gasteiger partial charge is 0.407 e. The number of nitrogens with one attached hydrogen (secondary N) is 3. The number of carbonyl (C=O) groups excluding carboxylic acids is 5. The Morgan fingerprint density at radius 3 is 2.33 bits per heavy atom. The molecule has 2 aromatic carbocycles. The van der Waals surface area contributed by atoms with Gasteiger partial charge in [-0.25, -0.2) is 9.59 Å². The zero-order valence-electron chi connectivity index (χ0n) is 32.2. The van der Waals surface area contributed by atoms with E-state index in [1.807, 2.05) is 59.5 Å². The minimum absolute atomic E-state index is 0.0361. The van der Waals surface area contributed by atoms with Crippen molar-refractivity contribution >= 4 is 29.8 Å². The number of esters is 1. The van der Waals surface area contributed by atoms with E-state index in [9.17, 15) is 28.8 Å². The highest BCUT2D eigenvalue weighted by Gasteiger charge is 2.49. The second-order valence-electron chi connectivity index (χ2n) is 14.5. The topological polar surface area (TPSA) is 165 Å². The fraction of sp³-hybridized carbons (Fsp3) is 0.476. The Kier molecular flexibility index (Phi) is 13.9. The molecule has 1 aliphatic heterocycles. The molecule has 3 atom stereocenters. The number of nitrogens with zero attached hydrogens (tertiary/aromatic N) is 2. The molecular weight excluding hydrogens is 702 g/mol. The summed E-state index contributed by atoms with van der Waals surface area (Å²) < 4.78 is 11.9. The number of aromatic nitrogens is 1. The van der Waals surface area contributed by atoms with Gasteiger partial charge in [0.15, 0.2) is 0 Å². The molecule has 0 bridgehead atoms. The summed E-state index contributed by atoms with van der Waals surface area (Å²) >= 11 is 0. The van der Waals surface area contributed by atoms with Crippen molar-refractivity contribution in [2.24, 2.45) is 7.05 Å². The van der Waals surface area contributed by atoms with Gasteiger partial charge in [0.1, 0.15) is 11.6 Å². The number of aryl methyl sites for hydroxylation is 1. The van der Waals surface area contributed by atoms with Crippen molar-refractivity contribution in [1.29, 1.82) is 0 Å². The molecule has 2 heterocycles. The van der Waals surface area contributed by atoms with Gasteiger partial charge in [0, 0.05) is 38.9 Å². The number of hydrogen-bond acceptors (Lipinski definition) is 8. The summed E-state index contributed by atoms with van der Waals surface area (Å²) in [5.74, 6) is -1.84. The van der Waals surface area contributed by atoms with Gasteiger partial charge >= 0.3 is 12.1 Å². The first kappa shape index (κ1) is 40.7. The van der Waals surface area contributed by atoms with Crippen LogP contribution in [0.15, 0.2) is 77.7 Å². The third kappa shape index (κ3) is 9.62. The van der Waals surface area contributed by atoms with Crippen LogP contribution >= 0.6 is 0 Å². The van der Waals surface area contributed by atoms with Crippen molar-refractivity contribution in [2.75, 3.05) is 26.2 Å². The number of unbranched alkanes of at least 4 members (excludes halogenated alkanes) is 1. The summed E-state index contributed by atoms with van der Waals surface area (Å²) in [7, 11) is 1.60. The van der Waals surface area contributed by atoms with Gasteiger partial charge < -0.3 is 34.9 Å². The maximum Gasteiger partial charge on any atom is 0.407 e. The van der Waals surface area contributed by atoms with Crippen molar-refractivity contribution < 1.29 is 33.4 Å². The summed E-state index contributed by atoms with van der Waals surface area (Å²) in [5.41, 5.74) is 0.756. The first-order valence-electron chi connectivity index (χ1n) is 19.3. The average Bonchev–Trinajstić information content (AvgIpc) is 3.18. The third-order valence-corrected chi connectivity index (χ3v) is 10.5. The van der Waals surface area contributed by atoms with Gasteiger partial charge in [-0.1, -0.05) is 54.6 Å². The fourth-order valence-corrected chi connectivity index (χ4v) is 7.68. The first-order chi connectivity index (χ1) is 26.5. The number of benzene rings is 2. The number of carbonyl (C=O) groups is 5. The van der Waals surface area contributed by atoms with Gasteiger partial charge in [0.25, 0.3) is 11.5 Å². The van der Waals surface area contributed by atoms with Crippen molar-refractivity contribution in [3.63, 3.8) is 0 Å². The molecule has 5 rings (SSSR count). The van der Waals surface area contributed by atoms with Crippen LogP contribution in [0.1, 0.15) is 98.7 Å². The average molecular weight is 756 g/mol. The van der Waals surface area contributed by atoms with E-state index < -0.39 is 35.3 Å². The predicted octanol–water partition coefficient (Wildman–Crippen LogP) is 4.32. The van der Waals surface area contributed by atoms with Gasteiger partial charge in [0.2, 0.25) is 11.8 Å². The molecule has 0 radical (unpaired) electrons. The van der Waals surface area contributed by atoms with E-state index >= 15 is 0 Å². The third-order valence-electron chi connectivity index (χ3n) is 10.5. The van der Waals surface area contributed by atoms with Gasteiger partial charge in [-0.2, -0.15) is 0 Å². The SMILES string of the molecule is CCOC(=O)NCCCC[C@H](NC(=O)[C@@]1(c2ccccc2)CC[C@H](C(=O)N2CCC(NC(=O)c3cccn(C)c3=O)CC2)c2ccccc21)C(=O)OC(C)C. The molecule has 2 aliphatic rings. The number of alkyl carbamates (subject to hydrolysis) is 1. The van der Waals surface area contributed by atoms with E-state index in [2.05, 4.69) is 16.0 Å². The Bertz CT molecular complexity index is 1890. The summed E-state index contributed by atoms with van der Waals surface area (Å²) in [6, 6.07) is 19.1. The zero-order valence-corrected chi connectivity index (χ0v) is 32.2. The van der Waals surface area contributed by atoms with Crippen LogP contribution in [0, 0.1) is 0 Å². The standard InChI is InChI=1S/C42H53N5O8/c1-5-54-41(53)43-24-12-11-19-35(39(51)55-28(2)3)45-40(52)42(29-14-7-6-8-15-29)23-20-32(31-16-9-10-18-34(31)42)38(50)47-26-21-30(22-27-47)44-36(48)33-17-13-25-46(4)37(33)49/h6-10,13-18,25,28,30,32,35H,5,11-12,19-24,26-27H2,1-4H3,(H,43,53)(H,44,48)(H,45,52)/t32-,35-,42+/m0/s1. The second kappa shape index (κ2) is 18.7. The molecule has 1 saturated heterocycles. The molecule has 294 valence electrons. The van der Waals surface area contributed by atoms with E-state index in [4.69, 9.17) is 9.47 Å². The van der Waals surface area contributed by atoms with Crippen LogP contribution in [0.2, 0.25) is 0 Å². The largest absolute Gasteiger partial charge is 0.461 e.